The summed E-state index contributed by atoms with van der Waals surface area (Å²) in [7, 11) is 1.52. The fourth-order valence-corrected chi connectivity index (χ4v) is 5.66. The molecule has 1 aromatic rings. The fraction of sp³-hybridized carbons (Fsp3) is 0.444. The molecule has 218 valence electrons. The molecule has 1 aromatic carbocycles. The molecular formula is C27H29N3O10S. The van der Waals surface area contributed by atoms with E-state index < -0.39 is 53.7 Å². The largest absolute Gasteiger partial charge is 0.463 e. The third kappa shape index (κ3) is 7.00. The highest BCUT2D eigenvalue weighted by Crippen LogP contribution is 2.38. The first-order chi connectivity index (χ1) is 19.4. The van der Waals surface area contributed by atoms with Crippen molar-refractivity contribution in [3.63, 3.8) is 0 Å². The number of para-hydroxylation sites is 1. The van der Waals surface area contributed by atoms with Crippen molar-refractivity contribution in [2.75, 3.05) is 13.7 Å². The van der Waals surface area contributed by atoms with E-state index in [2.05, 4.69) is 9.98 Å². The highest BCUT2D eigenvalue weighted by Gasteiger charge is 2.53. The maximum Gasteiger partial charge on any atom is 0.303 e. The van der Waals surface area contributed by atoms with Crippen molar-refractivity contribution in [2.45, 2.75) is 63.5 Å². The summed E-state index contributed by atoms with van der Waals surface area (Å²) in [6.07, 6.45) is -1.57. The third-order valence-electron chi connectivity index (χ3n) is 6.20. The lowest BCUT2D eigenvalue weighted by molar-refractivity contribution is -0.237. The average Bonchev–Trinajstić information content (AvgIpc) is 3.42. The van der Waals surface area contributed by atoms with Crippen LogP contribution in [0.5, 0.6) is 0 Å². The number of carbonyl (C=O) groups excluding carboxylic acids is 5. The molecule has 3 aliphatic heterocycles. The fourth-order valence-electron chi connectivity index (χ4n) is 4.52. The first kappa shape index (κ1) is 29.9. The SMILES string of the molecule is CC(=O)OC[C@H]1O[C@@H](SC2=N/C(=C/C3C=Nc4ccccc43)C(=O)N2C)[C@H](OC(C)=O)[C@@H](OC(C)=O)[C@H]1OC(C)=O. The number of carbonyl (C=O) groups is 5. The minimum atomic E-state index is -1.32. The second-order valence-corrected chi connectivity index (χ2v) is 10.4. The number of amidine groups is 1. The molecule has 0 aliphatic carbocycles. The molecule has 1 unspecified atom stereocenters. The molecule has 0 bridgehead atoms. The highest BCUT2D eigenvalue weighted by molar-refractivity contribution is 8.14. The number of aliphatic imine (C=N–C) groups is 2. The number of benzene rings is 1. The Morgan fingerprint density at radius 2 is 1.59 bits per heavy atom. The van der Waals surface area contributed by atoms with Crippen LogP contribution in [0, 0.1) is 0 Å². The number of hydrogen-bond acceptors (Lipinski definition) is 13. The topological polar surface area (TPSA) is 159 Å². The van der Waals surface area contributed by atoms with E-state index in [1.54, 1.807) is 12.3 Å². The van der Waals surface area contributed by atoms with Gasteiger partial charge in [0, 0.05) is 46.9 Å². The summed E-state index contributed by atoms with van der Waals surface area (Å²) in [5, 5.41) is 0.213. The predicted octanol–water partition coefficient (Wildman–Crippen LogP) is 2.01. The number of thioether (sulfide) groups is 1. The Kier molecular flexibility index (Phi) is 9.23. The van der Waals surface area contributed by atoms with Crippen molar-refractivity contribution >= 4 is 58.6 Å². The van der Waals surface area contributed by atoms with Crippen LogP contribution >= 0.6 is 11.8 Å². The summed E-state index contributed by atoms with van der Waals surface area (Å²) < 4.78 is 27.6. The zero-order valence-corrected chi connectivity index (χ0v) is 23.8. The smallest absolute Gasteiger partial charge is 0.303 e. The van der Waals surface area contributed by atoms with Crippen LogP contribution in [0.25, 0.3) is 0 Å². The molecule has 13 nitrogen and oxygen atoms in total. The van der Waals surface area contributed by atoms with Gasteiger partial charge in [-0.15, -0.1) is 0 Å². The number of allylic oxidation sites excluding steroid dienone is 1. The summed E-state index contributed by atoms with van der Waals surface area (Å²) in [6, 6.07) is 7.56. The molecule has 3 aliphatic rings. The van der Waals surface area contributed by atoms with E-state index in [1.807, 2.05) is 24.3 Å². The van der Waals surface area contributed by atoms with Crippen LogP contribution in [-0.4, -0.2) is 89.6 Å². The first-order valence-electron chi connectivity index (χ1n) is 12.6. The minimum absolute atomic E-state index is 0.175. The van der Waals surface area contributed by atoms with Crippen LogP contribution in [0.3, 0.4) is 0 Å². The highest BCUT2D eigenvalue weighted by atomic mass is 32.2. The van der Waals surface area contributed by atoms with Gasteiger partial charge in [-0.1, -0.05) is 30.0 Å². The van der Waals surface area contributed by atoms with Crippen LogP contribution in [0.2, 0.25) is 0 Å². The Balaban J connectivity index is 1.66. The van der Waals surface area contributed by atoms with Gasteiger partial charge in [-0.2, -0.15) is 0 Å². The first-order valence-corrected chi connectivity index (χ1v) is 13.5. The van der Waals surface area contributed by atoms with Crippen molar-refractivity contribution in [1.29, 1.82) is 0 Å². The zero-order chi connectivity index (χ0) is 29.8. The second kappa shape index (κ2) is 12.6. The maximum atomic E-state index is 13.1. The Morgan fingerprint density at radius 1 is 0.951 bits per heavy atom. The van der Waals surface area contributed by atoms with Gasteiger partial charge < -0.3 is 23.7 Å². The van der Waals surface area contributed by atoms with Gasteiger partial charge in [0.05, 0.1) is 5.69 Å². The number of amides is 1. The van der Waals surface area contributed by atoms with Crippen LogP contribution < -0.4 is 0 Å². The molecule has 0 saturated carbocycles. The molecule has 0 radical (unpaired) electrons. The van der Waals surface area contributed by atoms with E-state index in [1.165, 1.54) is 18.9 Å². The predicted molar refractivity (Wildman–Crippen MR) is 145 cm³/mol. The van der Waals surface area contributed by atoms with Gasteiger partial charge >= 0.3 is 23.9 Å². The van der Waals surface area contributed by atoms with Crippen molar-refractivity contribution in [3.8, 4) is 0 Å². The number of ether oxygens (including phenoxy) is 5. The number of fused-ring (bicyclic) bond motifs is 1. The molecule has 6 atom stereocenters. The summed E-state index contributed by atoms with van der Waals surface area (Å²) in [4.78, 5) is 71.0. The van der Waals surface area contributed by atoms with Gasteiger partial charge in [-0.25, -0.2) is 4.99 Å². The van der Waals surface area contributed by atoms with Gasteiger partial charge in [0.25, 0.3) is 5.91 Å². The van der Waals surface area contributed by atoms with Gasteiger partial charge in [0.15, 0.2) is 28.9 Å². The van der Waals surface area contributed by atoms with E-state index in [9.17, 15) is 24.0 Å². The van der Waals surface area contributed by atoms with Gasteiger partial charge in [0.2, 0.25) is 0 Å². The molecule has 4 rings (SSSR count). The molecule has 41 heavy (non-hydrogen) atoms. The quantitative estimate of drug-likeness (QED) is 0.261. The van der Waals surface area contributed by atoms with Crippen molar-refractivity contribution in [3.05, 3.63) is 41.6 Å². The van der Waals surface area contributed by atoms with Crippen molar-refractivity contribution in [2.24, 2.45) is 9.98 Å². The van der Waals surface area contributed by atoms with Crippen LogP contribution in [0.4, 0.5) is 5.69 Å². The number of rotatable bonds is 7. The zero-order valence-electron chi connectivity index (χ0n) is 23.0. The summed E-state index contributed by atoms with van der Waals surface area (Å²) in [5.41, 5.74) is 0.807. The Labute approximate surface area is 239 Å². The van der Waals surface area contributed by atoms with Crippen LogP contribution in [0.15, 0.2) is 46.0 Å². The van der Waals surface area contributed by atoms with E-state index in [0.29, 0.717) is 0 Å². The minimum Gasteiger partial charge on any atom is -0.463 e. The normalized spacial score (nSPS) is 27.7. The van der Waals surface area contributed by atoms with Gasteiger partial charge in [0.1, 0.15) is 18.4 Å². The average molecular weight is 588 g/mol. The lowest BCUT2D eigenvalue weighted by Gasteiger charge is -2.44. The van der Waals surface area contributed by atoms with Crippen molar-refractivity contribution < 1.29 is 47.7 Å². The number of esters is 4. The molecule has 0 N–H and O–H groups in total. The molecule has 14 heteroatoms. The Morgan fingerprint density at radius 3 is 2.24 bits per heavy atom. The van der Waals surface area contributed by atoms with E-state index in [0.717, 1.165) is 43.8 Å². The monoisotopic (exact) mass is 587 g/mol. The molecule has 0 aromatic heterocycles. The number of likely N-dealkylation sites (N-methyl/N-ethyl adjacent to an activating group) is 1. The van der Waals surface area contributed by atoms with Crippen LogP contribution in [0.1, 0.15) is 39.2 Å². The molecule has 1 fully saturated rings. The van der Waals surface area contributed by atoms with E-state index in [4.69, 9.17) is 23.7 Å². The van der Waals surface area contributed by atoms with Gasteiger partial charge in [-0.3, -0.25) is 33.9 Å². The lowest BCUT2D eigenvalue weighted by Crippen LogP contribution is -2.61. The number of hydrogen-bond donors (Lipinski definition) is 0. The van der Waals surface area contributed by atoms with E-state index in [-0.39, 0.29) is 29.3 Å². The molecule has 1 amide bonds. The molecular weight excluding hydrogens is 558 g/mol. The van der Waals surface area contributed by atoms with Gasteiger partial charge in [-0.05, 0) is 17.7 Å². The van der Waals surface area contributed by atoms with Crippen molar-refractivity contribution in [1.82, 2.24) is 4.90 Å². The Hall–Kier alpha value is -4.04. The standard InChI is InChI=1S/C27H29N3O10S/c1-13(31)36-12-21-22(37-14(2)32)23(38-15(3)33)24(39-16(4)34)26(40-21)41-27-29-20(25(35)30(27)5)10-17-11-28-19-9-7-6-8-18(17)19/h6-11,17,21-24,26H,12H2,1-5H3/b20-10+/t17?,21-,22+,23+,24-,26+/m1/s1. The number of nitrogens with zero attached hydrogens (tertiary/aromatic N) is 3. The second-order valence-electron chi connectivity index (χ2n) is 9.36. The van der Waals surface area contributed by atoms with Crippen LogP contribution in [-0.2, 0) is 47.7 Å². The Bertz CT molecular complexity index is 1340. The van der Waals surface area contributed by atoms with E-state index >= 15 is 0 Å². The maximum absolute atomic E-state index is 13.1. The summed E-state index contributed by atoms with van der Waals surface area (Å²) >= 11 is 0.936. The molecule has 1 saturated heterocycles. The lowest BCUT2D eigenvalue weighted by atomic mass is 9.99. The molecule has 3 heterocycles. The summed E-state index contributed by atoms with van der Waals surface area (Å²) in [6.45, 7) is 4.27. The summed E-state index contributed by atoms with van der Waals surface area (Å²) in [5.74, 6) is -3.45. The molecule has 0 spiro atoms. The third-order valence-corrected chi connectivity index (χ3v) is 7.39.